The molecule has 116 valence electrons. The second-order valence-electron chi connectivity index (χ2n) is 6.63. The maximum absolute atomic E-state index is 10.8. The molecule has 1 unspecified atom stereocenters. The fourth-order valence-corrected chi connectivity index (χ4v) is 3.84. The summed E-state index contributed by atoms with van der Waals surface area (Å²) in [4.78, 5) is 12.9. The molecule has 2 aliphatic carbocycles. The molecule has 4 heteroatoms. The van der Waals surface area contributed by atoms with Crippen molar-refractivity contribution in [3.8, 4) is 0 Å². The van der Waals surface area contributed by atoms with E-state index in [0.29, 0.717) is 18.1 Å². The average Bonchev–Trinajstić information content (AvgIpc) is 2.40. The molecule has 2 saturated carbocycles. The van der Waals surface area contributed by atoms with E-state index >= 15 is 0 Å². The number of aliphatic carboxylic acids is 1. The van der Waals surface area contributed by atoms with Crippen LogP contribution in [0.25, 0.3) is 0 Å². The largest absolute Gasteiger partial charge is 0.480 e. The fraction of sp³-hybridized carbons (Fsp3) is 0.938. The van der Waals surface area contributed by atoms with E-state index in [4.69, 9.17) is 5.11 Å². The first kappa shape index (κ1) is 15.8. The molecule has 0 heterocycles. The van der Waals surface area contributed by atoms with Gasteiger partial charge < -0.3 is 10.4 Å². The second kappa shape index (κ2) is 7.41. The zero-order valence-electron chi connectivity index (χ0n) is 13.0. The van der Waals surface area contributed by atoms with Gasteiger partial charge in [-0.2, -0.15) is 0 Å². The van der Waals surface area contributed by atoms with Crippen LogP contribution in [0.3, 0.4) is 0 Å². The predicted octanol–water partition coefficient (Wildman–Crippen LogP) is 2.48. The molecule has 20 heavy (non-hydrogen) atoms. The Kier molecular flexibility index (Phi) is 5.85. The van der Waals surface area contributed by atoms with Crippen molar-refractivity contribution in [2.75, 3.05) is 13.1 Å². The zero-order chi connectivity index (χ0) is 14.5. The predicted molar refractivity (Wildman–Crippen MR) is 80.9 cm³/mol. The Morgan fingerprint density at radius 1 is 1.30 bits per heavy atom. The van der Waals surface area contributed by atoms with E-state index in [-0.39, 0.29) is 6.54 Å². The standard InChI is InChI=1S/C16H30N2O2/c1-3-18(11-16(19)20)15-9-14(10-15)17-12(2)13-7-5-4-6-8-13/h12-15,17H,3-11H2,1-2H3,(H,19,20). The van der Waals surface area contributed by atoms with Crippen molar-refractivity contribution in [3.05, 3.63) is 0 Å². The number of likely N-dealkylation sites (N-methyl/N-ethyl adjacent to an activating group) is 1. The van der Waals surface area contributed by atoms with E-state index in [1.54, 1.807) is 0 Å². The van der Waals surface area contributed by atoms with Crippen LogP contribution in [0.1, 0.15) is 58.8 Å². The summed E-state index contributed by atoms with van der Waals surface area (Å²) in [7, 11) is 0. The van der Waals surface area contributed by atoms with Crippen molar-refractivity contribution < 1.29 is 9.90 Å². The van der Waals surface area contributed by atoms with Crippen molar-refractivity contribution in [1.29, 1.82) is 0 Å². The van der Waals surface area contributed by atoms with Crippen molar-refractivity contribution in [2.45, 2.75) is 76.9 Å². The first-order valence-electron chi connectivity index (χ1n) is 8.32. The van der Waals surface area contributed by atoms with Crippen LogP contribution in [0.2, 0.25) is 0 Å². The minimum Gasteiger partial charge on any atom is -0.480 e. The third kappa shape index (κ3) is 4.19. The molecule has 1 atom stereocenters. The van der Waals surface area contributed by atoms with Gasteiger partial charge in [-0.15, -0.1) is 0 Å². The topological polar surface area (TPSA) is 52.6 Å². The van der Waals surface area contributed by atoms with Gasteiger partial charge in [0.2, 0.25) is 0 Å². The van der Waals surface area contributed by atoms with E-state index in [1.165, 1.54) is 32.1 Å². The highest BCUT2D eigenvalue weighted by molar-refractivity contribution is 5.69. The Labute approximate surface area is 122 Å². The van der Waals surface area contributed by atoms with E-state index in [2.05, 4.69) is 17.1 Å². The molecule has 0 bridgehead atoms. The van der Waals surface area contributed by atoms with Gasteiger partial charge in [0.05, 0.1) is 6.54 Å². The molecule has 0 aromatic heterocycles. The van der Waals surface area contributed by atoms with Crippen molar-refractivity contribution in [3.63, 3.8) is 0 Å². The zero-order valence-corrected chi connectivity index (χ0v) is 13.0. The fourth-order valence-electron chi connectivity index (χ4n) is 3.84. The van der Waals surface area contributed by atoms with Crippen LogP contribution in [0.4, 0.5) is 0 Å². The molecule has 0 amide bonds. The maximum Gasteiger partial charge on any atom is 0.317 e. The van der Waals surface area contributed by atoms with E-state index < -0.39 is 5.97 Å². The molecule has 0 aliphatic heterocycles. The Hall–Kier alpha value is -0.610. The molecular formula is C16H30N2O2. The molecule has 0 spiro atoms. The molecule has 2 rings (SSSR count). The summed E-state index contributed by atoms with van der Waals surface area (Å²) < 4.78 is 0. The third-order valence-corrected chi connectivity index (χ3v) is 5.23. The smallest absolute Gasteiger partial charge is 0.317 e. The van der Waals surface area contributed by atoms with Gasteiger partial charge in [0.1, 0.15) is 0 Å². The van der Waals surface area contributed by atoms with Gasteiger partial charge in [0.15, 0.2) is 0 Å². The lowest BCUT2D eigenvalue weighted by atomic mass is 9.81. The van der Waals surface area contributed by atoms with Gasteiger partial charge in [-0.3, -0.25) is 9.69 Å². The number of carboxylic acid groups (broad SMARTS) is 1. The summed E-state index contributed by atoms with van der Waals surface area (Å²) >= 11 is 0. The van der Waals surface area contributed by atoms with Crippen LogP contribution in [-0.4, -0.2) is 47.2 Å². The Bertz CT molecular complexity index is 310. The molecule has 2 N–H and O–H groups in total. The molecule has 4 nitrogen and oxygen atoms in total. The van der Waals surface area contributed by atoms with E-state index in [9.17, 15) is 4.79 Å². The van der Waals surface area contributed by atoms with Gasteiger partial charge in [-0.25, -0.2) is 0 Å². The van der Waals surface area contributed by atoms with E-state index in [1.807, 2.05) is 6.92 Å². The molecule has 0 aromatic rings. The minimum absolute atomic E-state index is 0.187. The van der Waals surface area contributed by atoms with Crippen molar-refractivity contribution >= 4 is 5.97 Å². The summed E-state index contributed by atoms with van der Waals surface area (Å²) in [5.74, 6) is 0.142. The number of nitrogens with zero attached hydrogens (tertiary/aromatic N) is 1. The first-order chi connectivity index (χ1) is 9.60. The highest BCUT2D eigenvalue weighted by atomic mass is 16.4. The first-order valence-corrected chi connectivity index (χ1v) is 8.32. The van der Waals surface area contributed by atoms with Crippen LogP contribution in [-0.2, 0) is 4.79 Å². The lowest BCUT2D eigenvalue weighted by Crippen LogP contribution is -2.56. The lowest BCUT2D eigenvalue weighted by molar-refractivity contribution is -0.139. The quantitative estimate of drug-likeness (QED) is 0.753. The minimum atomic E-state index is -0.709. The third-order valence-electron chi connectivity index (χ3n) is 5.23. The highest BCUT2D eigenvalue weighted by Gasteiger charge is 2.35. The molecule has 0 saturated heterocycles. The Balaban J connectivity index is 1.68. The van der Waals surface area contributed by atoms with Gasteiger partial charge in [0, 0.05) is 18.1 Å². The summed E-state index contributed by atoms with van der Waals surface area (Å²) in [6.45, 7) is 5.40. The van der Waals surface area contributed by atoms with Gasteiger partial charge in [-0.05, 0) is 45.1 Å². The normalized spacial score (nSPS) is 29.1. The second-order valence-corrected chi connectivity index (χ2v) is 6.63. The maximum atomic E-state index is 10.8. The number of carboxylic acids is 1. The van der Waals surface area contributed by atoms with Crippen molar-refractivity contribution in [2.24, 2.45) is 5.92 Å². The lowest BCUT2D eigenvalue weighted by Gasteiger charge is -2.44. The van der Waals surface area contributed by atoms with Crippen molar-refractivity contribution in [1.82, 2.24) is 10.2 Å². The van der Waals surface area contributed by atoms with Crippen LogP contribution in [0, 0.1) is 5.92 Å². The number of hydrogen-bond acceptors (Lipinski definition) is 3. The summed E-state index contributed by atoms with van der Waals surface area (Å²) in [5.41, 5.74) is 0. The monoisotopic (exact) mass is 282 g/mol. The average molecular weight is 282 g/mol. The molecule has 0 aromatic carbocycles. The summed E-state index contributed by atoms with van der Waals surface area (Å²) in [6.07, 6.45) is 9.18. The molecule has 2 aliphatic rings. The Morgan fingerprint density at radius 2 is 1.95 bits per heavy atom. The number of rotatable bonds is 7. The Morgan fingerprint density at radius 3 is 2.50 bits per heavy atom. The summed E-state index contributed by atoms with van der Waals surface area (Å²) in [6, 6.07) is 1.68. The number of nitrogens with one attached hydrogen (secondary N) is 1. The number of hydrogen-bond donors (Lipinski definition) is 2. The van der Waals surface area contributed by atoms with Gasteiger partial charge in [-0.1, -0.05) is 26.2 Å². The highest BCUT2D eigenvalue weighted by Crippen LogP contribution is 2.30. The SMILES string of the molecule is CCN(CC(=O)O)C1CC(NC(C)C2CCCCC2)C1. The van der Waals surface area contributed by atoms with Crippen LogP contribution < -0.4 is 5.32 Å². The van der Waals surface area contributed by atoms with E-state index in [0.717, 1.165) is 25.3 Å². The van der Waals surface area contributed by atoms with Crippen LogP contribution in [0.15, 0.2) is 0 Å². The molecule has 2 fully saturated rings. The van der Waals surface area contributed by atoms with Crippen LogP contribution >= 0.6 is 0 Å². The van der Waals surface area contributed by atoms with Gasteiger partial charge in [0.25, 0.3) is 0 Å². The summed E-state index contributed by atoms with van der Waals surface area (Å²) in [5, 5.41) is 12.7. The molecule has 0 radical (unpaired) electrons. The number of carbonyl (C=O) groups is 1. The van der Waals surface area contributed by atoms with Gasteiger partial charge >= 0.3 is 5.97 Å². The molecular weight excluding hydrogens is 252 g/mol. The van der Waals surface area contributed by atoms with Crippen LogP contribution in [0.5, 0.6) is 0 Å².